The Bertz CT molecular complexity index is 602. The summed E-state index contributed by atoms with van der Waals surface area (Å²) in [6.07, 6.45) is 2.67. The molecule has 2 aromatic rings. The zero-order valence-electron chi connectivity index (χ0n) is 11.9. The summed E-state index contributed by atoms with van der Waals surface area (Å²) in [5.74, 6) is 0.874. The van der Waals surface area contributed by atoms with Gasteiger partial charge in [0.25, 0.3) is 0 Å². The maximum atomic E-state index is 3.65. The summed E-state index contributed by atoms with van der Waals surface area (Å²) in [6, 6.07) is 16.2. The lowest BCUT2D eigenvalue weighted by Crippen LogP contribution is -2.43. The number of fused-ring (bicyclic) bond motifs is 2. The number of rotatable bonds is 2. The molecule has 2 fully saturated rings. The molecule has 4 rings (SSSR count). The van der Waals surface area contributed by atoms with E-state index in [9.17, 15) is 0 Å². The highest BCUT2D eigenvalue weighted by Crippen LogP contribution is 2.27. The van der Waals surface area contributed by atoms with Crippen LogP contribution < -0.4 is 5.32 Å². The fourth-order valence-electron chi connectivity index (χ4n) is 3.94. The molecule has 0 radical (unpaired) electrons. The van der Waals surface area contributed by atoms with Crippen LogP contribution in [0.1, 0.15) is 18.4 Å². The number of piperidine rings is 1. The quantitative estimate of drug-likeness (QED) is 0.899. The molecule has 0 bridgehead atoms. The SMILES string of the molecule is c1ccc2c(CN3CCC4NCCC4C3)cccc2c1. The van der Waals surface area contributed by atoms with Gasteiger partial charge in [0.1, 0.15) is 0 Å². The topological polar surface area (TPSA) is 15.3 Å². The Morgan fingerprint density at radius 3 is 2.95 bits per heavy atom. The number of nitrogens with one attached hydrogen (secondary N) is 1. The first-order valence-corrected chi connectivity index (χ1v) is 7.82. The summed E-state index contributed by atoms with van der Waals surface area (Å²) >= 11 is 0. The van der Waals surface area contributed by atoms with E-state index in [2.05, 4.69) is 52.7 Å². The van der Waals surface area contributed by atoms with Crippen LogP contribution in [0.2, 0.25) is 0 Å². The molecule has 0 aromatic heterocycles. The molecule has 1 N–H and O–H groups in total. The second-order valence-electron chi connectivity index (χ2n) is 6.27. The first-order chi connectivity index (χ1) is 9.90. The highest BCUT2D eigenvalue weighted by atomic mass is 15.2. The maximum absolute atomic E-state index is 3.65. The zero-order valence-corrected chi connectivity index (χ0v) is 11.9. The van der Waals surface area contributed by atoms with Crippen molar-refractivity contribution in [1.82, 2.24) is 10.2 Å². The summed E-state index contributed by atoms with van der Waals surface area (Å²) in [4.78, 5) is 2.65. The van der Waals surface area contributed by atoms with Crippen molar-refractivity contribution in [1.29, 1.82) is 0 Å². The predicted octanol–water partition coefficient (Wildman–Crippen LogP) is 3.02. The van der Waals surface area contributed by atoms with Crippen molar-refractivity contribution >= 4 is 10.8 Å². The van der Waals surface area contributed by atoms with E-state index >= 15 is 0 Å². The van der Waals surface area contributed by atoms with E-state index in [-0.39, 0.29) is 0 Å². The molecular weight excluding hydrogens is 244 g/mol. The van der Waals surface area contributed by atoms with Gasteiger partial charge in [-0.2, -0.15) is 0 Å². The van der Waals surface area contributed by atoms with E-state index < -0.39 is 0 Å². The summed E-state index contributed by atoms with van der Waals surface area (Å²) in [5.41, 5.74) is 1.48. The third-order valence-corrected chi connectivity index (χ3v) is 5.01. The van der Waals surface area contributed by atoms with Gasteiger partial charge >= 0.3 is 0 Å². The summed E-state index contributed by atoms with van der Waals surface area (Å²) < 4.78 is 0. The molecule has 2 aliphatic heterocycles. The van der Waals surface area contributed by atoms with Crippen LogP contribution in [-0.4, -0.2) is 30.6 Å². The molecule has 0 aliphatic carbocycles. The Kier molecular flexibility index (Phi) is 3.21. The van der Waals surface area contributed by atoms with E-state index in [0.717, 1.165) is 18.5 Å². The van der Waals surface area contributed by atoms with Crippen molar-refractivity contribution in [3.8, 4) is 0 Å². The van der Waals surface area contributed by atoms with Crippen LogP contribution >= 0.6 is 0 Å². The highest BCUT2D eigenvalue weighted by molar-refractivity contribution is 5.85. The number of hydrogen-bond donors (Lipinski definition) is 1. The molecule has 20 heavy (non-hydrogen) atoms. The largest absolute Gasteiger partial charge is 0.314 e. The van der Waals surface area contributed by atoms with Crippen LogP contribution in [0.4, 0.5) is 0 Å². The fourth-order valence-corrected chi connectivity index (χ4v) is 3.94. The summed E-state index contributed by atoms with van der Waals surface area (Å²) in [7, 11) is 0. The van der Waals surface area contributed by atoms with E-state index in [1.807, 2.05) is 0 Å². The van der Waals surface area contributed by atoms with E-state index in [4.69, 9.17) is 0 Å². The molecule has 2 saturated heterocycles. The smallest absolute Gasteiger partial charge is 0.0240 e. The van der Waals surface area contributed by atoms with Crippen molar-refractivity contribution in [3.63, 3.8) is 0 Å². The van der Waals surface area contributed by atoms with Crippen molar-refractivity contribution in [2.75, 3.05) is 19.6 Å². The molecule has 2 unspecified atom stereocenters. The van der Waals surface area contributed by atoms with Gasteiger partial charge in [-0.25, -0.2) is 0 Å². The monoisotopic (exact) mass is 266 g/mol. The van der Waals surface area contributed by atoms with Gasteiger partial charge in [0, 0.05) is 19.1 Å². The molecule has 0 amide bonds. The Hall–Kier alpha value is -1.38. The van der Waals surface area contributed by atoms with Gasteiger partial charge in [0.2, 0.25) is 0 Å². The third kappa shape index (κ3) is 2.23. The lowest BCUT2D eigenvalue weighted by Gasteiger charge is -2.35. The molecule has 2 nitrogen and oxygen atoms in total. The number of benzene rings is 2. The van der Waals surface area contributed by atoms with Crippen molar-refractivity contribution in [2.24, 2.45) is 5.92 Å². The number of nitrogens with zero attached hydrogens (tertiary/aromatic N) is 1. The third-order valence-electron chi connectivity index (χ3n) is 5.01. The van der Waals surface area contributed by atoms with Crippen molar-refractivity contribution in [2.45, 2.75) is 25.4 Å². The van der Waals surface area contributed by atoms with Crippen LogP contribution in [0, 0.1) is 5.92 Å². The van der Waals surface area contributed by atoms with Gasteiger partial charge < -0.3 is 5.32 Å². The van der Waals surface area contributed by atoms with Crippen LogP contribution in [0.5, 0.6) is 0 Å². The van der Waals surface area contributed by atoms with E-state index in [0.29, 0.717) is 0 Å². The van der Waals surface area contributed by atoms with Gasteiger partial charge in [0.15, 0.2) is 0 Å². The molecule has 2 heteroatoms. The van der Waals surface area contributed by atoms with Crippen LogP contribution in [0.25, 0.3) is 10.8 Å². The summed E-state index contributed by atoms with van der Waals surface area (Å²) in [5, 5.41) is 6.43. The summed E-state index contributed by atoms with van der Waals surface area (Å²) in [6.45, 7) is 4.82. The predicted molar refractivity (Wildman–Crippen MR) is 83.7 cm³/mol. The second-order valence-corrected chi connectivity index (χ2v) is 6.27. The first-order valence-electron chi connectivity index (χ1n) is 7.82. The van der Waals surface area contributed by atoms with Crippen LogP contribution in [0.15, 0.2) is 42.5 Å². The van der Waals surface area contributed by atoms with Crippen LogP contribution in [0.3, 0.4) is 0 Å². The van der Waals surface area contributed by atoms with Gasteiger partial charge in [-0.15, -0.1) is 0 Å². The molecular formula is C18H22N2. The average molecular weight is 266 g/mol. The van der Waals surface area contributed by atoms with Gasteiger partial charge in [-0.1, -0.05) is 42.5 Å². The Morgan fingerprint density at radius 1 is 1.05 bits per heavy atom. The first kappa shape index (κ1) is 12.4. The molecule has 2 aliphatic rings. The lowest BCUT2D eigenvalue weighted by atomic mass is 9.93. The number of hydrogen-bond acceptors (Lipinski definition) is 2. The van der Waals surface area contributed by atoms with Crippen LogP contribution in [-0.2, 0) is 6.54 Å². The Labute approximate surface area is 120 Å². The minimum atomic E-state index is 0.791. The lowest BCUT2D eigenvalue weighted by molar-refractivity contribution is 0.156. The molecule has 0 spiro atoms. The maximum Gasteiger partial charge on any atom is 0.0240 e. The average Bonchev–Trinajstić information content (AvgIpc) is 2.95. The van der Waals surface area contributed by atoms with Gasteiger partial charge in [-0.05, 0) is 48.2 Å². The number of likely N-dealkylation sites (tertiary alicyclic amines) is 1. The van der Waals surface area contributed by atoms with Crippen molar-refractivity contribution < 1.29 is 0 Å². The van der Waals surface area contributed by atoms with Gasteiger partial charge in [0.05, 0.1) is 0 Å². The molecule has 2 atom stereocenters. The minimum Gasteiger partial charge on any atom is -0.314 e. The Balaban J connectivity index is 1.56. The second kappa shape index (κ2) is 5.19. The molecule has 2 aromatic carbocycles. The zero-order chi connectivity index (χ0) is 13.4. The minimum absolute atomic E-state index is 0.791. The highest BCUT2D eigenvalue weighted by Gasteiger charge is 2.32. The van der Waals surface area contributed by atoms with Crippen molar-refractivity contribution in [3.05, 3.63) is 48.0 Å². The van der Waals surface area contributed by atoms with E-state index in [1.165, 1.54) is 48.8 Å². The molecule has 2 heterocycles. The molecule has 104 valence electrons. The van der Waals surface area contributed by atoms with E-state index in [1.54, 1.807) is 0 Å². The molecule has 0 saturated carbocycles. The Morgan fingerprint density at radius 2 is 1.95 bits per heavy atom. The fraction of sp³-hybridized carbons (Fsp3) is 0.444. The normalized spacial score (nSPS) is 26.8. The van der Waals surface area contributed by atoms with Gasteiger partial charge in [-0.3, -0.25) is 4.90 Å². The standard InChI is InChI=1S/C18H22N2/c1-2-7-17-14(4-1)5-3-6-15(17)12-20-11-9-18-16(13-20)8-10-19-18/h1-7,16,18-19H,8-13H2.